The van der Waals surface area contributed by atoms with E-state index in [-0.39, 0.29) is 36.0 Å². The van der Waals surface area contributed by atoms with Crippen LogP contribution in [-0.4, -0.2) is 60.8 Å². The molecule has 168 valence electrons. The molecule has 1 amide bonds. The smallest absolute Gasteiger partial charge is 0.295 e. The summed E-state index contributed by atoms with van der Waals surface area (Å²) in [4.78, 5) is 27.1. The van der Waals surface area contributed by atoms with Gasteiger partial charge in [-0.25, -0.2) is 0 Å². The van der Waals surface area contributed by atoms with Gasteiger partial charge in [0.2, 0.25) is 0 Å². The lowest BCUT2D eigenvalue weighted by Crippen LogP contribution is -2.32. The number of aliphatic hydroxyl groups excluding tert-OH is 1. The van der Waals surface area contributed by atoms with E-state index < -0.39 is 17.7 Å². The predicted molar refractivity (Wildman–Crippen MR) is 118 cm³/mol. The Kier molecular flexibility index (Phi) is 7.17. The van der Waals surface area contributed by atoms with Crippen molar-refractivity contribution in [2.45, 2.75) is 6.04 Å². The second kappa shape index (κ2) is 10.0. The zero-order valence-electron chi connectivity index (χ0n) is 17.9. The molecule has 8 heteroatoms. The van der Waals surface area contributed by atoms with E-state index in [0.717, 1.165) is 0 Å². The van der Waals surface area contributed by atoms with Crippen molar-refractivity contribution >= 4 is 17.4 Å². The molecule has 1 unspecified atom stereocenters. The van der Waals surface area contributed by atoms with Crippen molar-refractivity contribution in [2.24, 2.45) is 0 Å². The Bertz CT molecular complexity index is 1040. The third kappa shape index (κ3) is 4.45. The van der Waals surface area contributed by atoms with Crippen LogP contribution in [0.5, 0.6) is 17.2 Å². The van der Waals surface area contributed by atoms with Gasteiger partial charge in [0, 0.05) is 19.2 Å². The van der Waals surface area contributed by atoms with Crippen molar-refractivity contribution in [3.8, 4) is 17.2 Å². The molecule has 0 aliphatic carbocycles. The van der Waals surface area contributed by atoms with Gasteiger partial charge in [0.25, 0.3) is 11.7 Å². The van der Waals surface area contributed by atoms with Gasteiger partial charge < -0.3 is 29.3 Å². The van der Waals surface area contributed by atoms with Crippen molar-refractivity contribution in [1.29, 1.82) is 0 Å². The Hall–Kier alpha value is -3.78. The van der Waals surface area contributed by atoms with Gasteiger partial charge in [-0.05, 0) is 42.0 Å². The molecule has 0 spiro atoms. The number of ether oxygens (including phenoxy) is 3. The first-order valence-corrected chi connectivity index (χ1v) is 9.91. The number of phenolic OH excluding ortho intramolecular Hbond substituents is 1. The van der Waals surface area contributed by atoms with Gasteiger partial charge in [0.15, 0.2) is 11.5 Å². The number of rotatable bonds is 9. The topological polar surface area (TPSA) is 106 Å². The van der Waals surface area contributed by atoms with Gasteiger partial charge in [0.1, 0.15) is 18.1 Å². The third-order valence-electron chi connectivity index (χ3n) is 5.09. The van der Waals surface area contributed by atoms with E-state index in [1.807, 2.05) is 0 Å². The highest BCUT2D eigenvalue weighted by molar-refractivity contribution is 6.46. The molecule has 8 nitrogen and oxygen atoms in total. The quantitative estimate of drug-likeness (QED) is 0.268. The fourth-order valence-corrected chi connectivity index (χ4v) is 3.53. The summed E-state index contributed by atoms with van der Waals surface area (Å²) in [6.45, 7) is 4.27. The maximum atomic E-state index is 12.9. The second-order valence-electron chi connectivity index (χ2n) is 7.04. The summed E-state index contributed by atoms with van der Waals surface area (Å²) in [7, 11) is 2.89. The van der Waals surface area contributed by atoms with Gasteiger partial charge in [-0.3, -0.25) is 9.59 Å². The predicted octanol–water partition coefficient (Wildman–Crippen LogP) is 3.03. The molecule has 2 N–H and O–H groups in total. The number of hydrogen-bond acceptors (Lipinski definition) is 7. The molecule has 1 atom stereocenters. The van der Waals surface area contributed by atoms with Crippen molar-refractivity contribution in [1.82, 2.24) is 4.90 Å². The number of benzene rings is 2. The van der Waals surface area contributed by atoms with Gasteiger partial charge in [-0.2, -0.15) is 0 Å². The lowest BCUT2D eigenvalue weighted by molar-refractivity contribution is -0.140. The number of hydrogen-bond donors (Lipinski definition) is 2. The summed E-state index contributed by atoms with van der Waals surface area (Å²) in [6.07, 6.45) is 1.61. The van der Waals surface area contributed by atoms with Crippen LogP contribution in [0.15, 0.2) is 60.7 Å². The van der Waals surface area contributed by atoms with Crippen molar-refractivity contribution in [2.75, 3.05) is 34.0 Å². The molecular weight excluding hydrogens is 414 g/mol. The van der Waals surface area contributed by atoms with Crippen molar-refractivity contribution in [3.05, 3.63) is 71.8 Å². The van der Waals surface area contributed by atoms with Gasteiger partial charge >= 0.3 is 0 Å². The highest BCUT2D eigenvalue weighted by atomic mass is 16.5. The molecule has 3 rings (SSSR count). The number of amides is 1. The molecule has 2 aromatic carbocycles. The highest BCUT2D eigenvalue weighted by Gasteiger charge is 2.46. The van der Waals surface area contributed by atoms with Crippen LogP contribution in [0, 0.1) is 0 Å². The van der Waals surface area contributed by atoms with E-state index in [0.29, 0.717) is 23.5 Å². The van der Waals surface area contributed by atoms with E-state index in [9.17, 15) is 19.8 Å². The minimum atomic E-state index is -0.878. The Morgan fingerprint density at radius 1 is 1.16 bits per heavy atom. The number of likely N-dealkylation sites (tertiary alicyclic amines) is 1. The van der Waals surface area contributed by atoms with Crippen LogP contribution in [0.25, 0.3) is 5.76 Å². The molecule has 1 aliphatic heterocycles. The average Bonchev–Trinajstić information content (AvgIpc) is 3.06. The number of methoxy groups -OCH3 is 2. The van der Waals surface area contributed by atoms with Crippen LogP contribution in [-0.2, 0) is 14.3 Å². The van der Waals surface area contributed by atoms with Crippen LogP contribution >= 0.6 is 0 Å². The normalized spacial score (nSPS) is 17.4. The number of carbonyl (C=O) groups is 2. The van der Waals surface area contributed by atoms with E-state index >= 15 is 0 Å². The Labute approximate surface area is 185 Å². The number of phenols is 1. The van der Waals surface area contributed by atoms with Crippen LogP contribution in [0.2, 0.25) is 0 Å². The van der Waals surface area contributed by atoms with Crippen LogP contribution in [0.4, 0.5) is 0 Å². The highest BCUT2D eigenvalue weighted by Crippen LogP contribution is 2.41. The Morgan fingerprint density at radius 3 is 2.50 bits per heavy atom. The number of nitrogens with zero attached hydrogens (tertiary/aromatic N) is 1. The second-order valence-corrected chi connectivity index (χ2v) is 7.04. The van der Waals surface area contributed by atoms with Gasteiger partial charge in [-0.1, -0.05) is 18.7 Å². The molecule has 1 heterocycles. The minimum Gasteiger partial charge on any atom is -0.507 e. The summed E-state index contributed by atoms with van der Waals surface area (Å²) in [6, 6.07) is 10.2. The van der Waals surface area contributed by atoms with Crippen LogP contribution in [0.1, 0.15) is 17.2 Å². The summed E-state index contributed by atoms with van der Waals surface area (Å²) < 4.78 is 15.7. The zero-order valence-corrected chi connectivity index (χ0v) is 17.9. The molecule has 1 saturated heterocycles. The van der Waals surface area contributed by atoms with Crippen molar-refractivity contribution in [3.63, 3.8) is 0 Å². The third-order valence-corrected chi connectivity index (χ3v) is 5.09. The number of carbonyl (C=O) groups excluding carboxylic acids is 2. The standard InChI is InChI=1S/C24H25NO7/c1-4-12-32-17-8-5-15(6-9-17)22(27)20-21(16-7-10-18(26)19(14-16)31-3)25(11-13-30-2)24(29)23(20)28/h4-10,14,21,26-27H,1,11-13H2,2-3H3/b22-20+. The van der Waals surface area contributed by atoms with E-state index in [2.05, 4.69) is 6.58 Å². The van der Waals surface area contributed by atoms with Gasteiger partial charge in [-0.15, -0.1) is 0 Å². The Balaban J connectivity index is 2.10. The fraction of sp³-hybridized carbons (Fsp3) is 0.250. The molecule has 0 bridgehead atoms. The fourth-order valence-electron chi connectivity index (χ4n) is 3.53. The molecule has 0 radical (unpaired) electrons. The molecule has 1 aliphatic rings. The largest absolute Gasteiger partial charge is 0.507 e. The monoisotopic (exact) mass is 439 g/mol. The molecule has 0 saturated carbocycles. The average molecular weight is 439 g/mol. The lowest BCUT2D eigenvalue weighted by atomic mass is 9.95. The van der Waals surface area contributed by atoms with E-state index in [4.69, 9.17) is 14.2 Å². The number of Topliss-reactive ketones (excluding diaryl/α,β-unsaturated/α-hetero) is 1. The van der Waals surface area contributed by atoms with Crippen LogP contribution < -0.4 is 9.47 Å². The first-order chi connectivity index (χ1) is 15.4. The number of aliphatic hydroxyl groups is 1. The molecule has 32 heavy (non-hydrogen) atoms. The summed E-state index contributed by atoms with van der Waals surface area (Å²) >= 11 is 0. The first-order valence-electron chi connectivity index (χ1n) is 9.91. The number of aromatic hydroxyl groups is 1. The SMILES string of the molecule is C=CCOc1ccc(/C(O)=C2\C(=O)C(=O)N(CCOC)C2c2ccc(O)c(OC)c2)cc1. The molecular formula is C24H25NO7. The van der Waals surface area contributed by atoms with Crippen molar-refractivity contribution < 1.29 is 34.0 Å². The Morgan fingerprint density at radius 2 is 1.88 bits per heavy atom. The minimum absolute atomic E-state index is 0.0568. The number of ketones is 1. The first kappa shape index (κ1) is 22.9. The lowest BCUT2D eigenvalue weighted by Gasteiger charge is -2.25. The maximum absolute atomic E-state index is 12.9. The molecule has 2 aromatic rings. The molecule has 1 fully saturated rings. The zero-order chi connectivity index (χ0) is 23.3. The summed E-state index contributed by atoms with van der Waals surface area (Å²) in [5.41, 5.74) is 0.803. The summed E-state index contributed by atoms with van der Waals surface area (Å²) in [5, 5.41) is 21.0. The maximum Gasteiger partial charge on any atom is 0.295 e. The summed E-state index contributed by atoms with van der Waals surface area (Å²) in [5.74, 6) is -1.18. The van der Waals surface area contributed by atoms with Crippen LogP contribution in [0.3, 0.4) is 0 Å². The van der Waals surface area contributed by atoms with Gasteiger partial charge in [0.05, 0.1) is 25.3 Å². The van der Waals surface area contributed by atoms with E-state index in [1.165, 1.54) is 31.3 Å². The molecule has 0 aromatic heterocycles. The van der Waals surface area contributed by atoms with E-state index in [1.54, 1.807) is 36.4 Å².